The van der Waals surface area contributed by atoms with Crippen molar-refractivity contribution >= 4 is 39.1 Å². The first kappa shape index (κ1) is 13.3. The Bertz CT molecular complexity index is 563. The molecule has 1 aromatic rings. The van der Waals surface area contributed by atoms with Crippen molar-refractivity contribution in [3.8, 4) is 0 Å². The number of hydrogen-bond acceptors (Lipinski definition) is 2. The van der Waals surface area contributed by atoms with Crippen LogP contribution in [0.3, 0.4) is 0 Å². The molecule has 2 heterocycles. The SMILES string of the molecule is O=[S+]1(O)C[C@H]2NC(=S)N(Cc3ccc(Cl)cc3)[C@H]2C1. The summed E-state index contributed by atoms with van der Waals surface area (Å²) in [6, 6.07) is 7.58. The summed E-state index contributed by atoms with van der Waals surface area (Å²) in [5.41, 5.74) is 1.09. The maximum atomic E-state index is 11.8. The van der Waals surface area contributed by atoms with Crippen molar-refractivity contribution in [1.29, 1.82) is 0 Å². The van der Waals surface area contributed by atoms with Crippen LogP contribution in [0.15, 0.2) is 24.3 Å². The second-order valence-electron chi connectivity index (χ2n) is 4.98. The Morgan fingerprint density at radius 1 is 1.42 bits per heavy atom. The van der Waals surface area contributed by atoms with Crippen LogP contribution < -0.4 is 5.32 Å². The Balaban J connectivity index is 1.78. The monoisotopic (exact) mass is 317 g/mol. The van der Waals surface area contributed by atoms with Gasteiger partial charge in [-0.25, -0.2) is 0 Å². The molecule has 102 valence electrons. The van der Waals surface area contributed by atoms with E-state index in [9.17, 15) is 8.76 Å². The van der Waals surface area contributed by atoms with Crippen molar-refractivity contribution in [2.75, 3.05) is 11.5 Å². The van der Waals surface area contributed by atoms with Gasteiger partial charge in [-0.05, 0) is 29.9 Å². The van der Waals surface area contributed by atoms with Gasteiger partial charge < -0.3 is 10.2 Å². The van der Waals surface area contributed by atoms with E-state index in [2.05, 4.69) is 5.32 Å². The third-order valence-corrected chi connectivity index (χ3v) is 5.92. The van der Waals surface area contributed by atoms with Gasteiger partial charge in [0, 0.05) is 11.6 Å². The van der Waals surface area contributed by atoms with Gasteiger partial charge in [-0.2, -0.15) is 4.55 Å². The molecular weight excluding hydrogens is 304 g/mol. The first-order chi connectivity index (χ1) is 8.94. The number of benzene rings is 1. The quantitative estimate of drug-likeness (QED) is 0.643. The summed E-state index contributed by atoms with van der Waals surface area (Å²) in [5.74, 6) is 0.577. The molecule has 0 spiro atoms. The second-order valence-corrected chi connectivity index (χ2v) is 8.02. The van der Waals surface area contributed by atoms with Crippen LogP contribution in [0.2, 0.25) is 5.02 Å². The molecule has 0 saturated carbocycles. The van der Waals surface area contributed by atoms with Crippen LogP contribution in [0.4, 0.5) is 0 Å². The predicted molar refractivity (Wildman–Crippen MR) is 80.7 cm³/mol. The van der Waals surface area contributed by atoms with Gasteiger partial charge in [-0.3, -0.25) is 0 Å². The lowest BCUT2D eigenvalue weighted by atomic mass is 10.1. The van der Waals surface area contributed by atoms with Crippen molar-refractivity contribution in [1.82, 2.24) is 10.2 Å². The molecule has 19 heavy (non-hydrogen) atoms. The zero-order valence-electron chi connectivity index (χ0n) is 10.1. The summed E-state index contributed by atoms with van der Waals surface area (Å²) in [6.45, 7) is 0.639. The van der Waals surface area contributed by atoms with E-state index in [0.717, 1.165) is 5.56 Å². The van der Waals surface area contributed by atoms with Crippen LogP contribution in [-0.4, -0.2) is 38.2 Å². The highest BCUT2D eigenvalue weighted by Gasteiger charge is 2.53. The third kappa shape index (κ3) is 2.63. The molecule has 0 amide bonds. The van der Waals surface area contributed by atoms with Gasteiger partial charge in [0.15, 0.2) is 16.6 Å². The van der Waals surface area contributed by atoms with Crippen LogP contribution >= 0.6 is 23.8 Å². The minimum atomic E-state index is -2.70. The Hall–Kier alpha value is -0.690. The van der Waals surface area contributed by atoms with E-state index in [4.69, 9.17) is 23.8 Å². The topological polar surface area (TPSA) is 52.6 Å². The van der Waals surface area contributed by atoms with Crippen LogP contribution in [-0.2, 0) is 21.0 Å². The fourth-order valence-corrected chi connectivity index (χ4v) is 5.08. The van der Waals surface area contributed by atoms with Gasteiger partial charge in [-0.1, -0.05) is 27.9 Å². The molecule has 0 radical (unpaired) electrons. The Kier molecular flexibility index (Phi) is 3.29. The van der Waals surface area contributed by atoms with E-state index in [1.807, 2.05) is 29.2 Å². The van der Waals surface area contributed by atoms with Crippen molar-refractivity contribution < 1.29 is 8.76 Å². The number of rotatable bonds is 2. The Morgan fingerprint density at radius 3 is 2.79 bits per heavy atom. The molecule has 0 aliphatic carbocycles. The molecule has 3 atom stereocenters. The summed E-state index contributed by atoms with van der Waals surface area (Å²) < 4.78 is 21.5. The normalized spacial score (nSPS) is 33.4. The third-order valence-electron chi connectivity index (χ3n) is 3.57. The predicted octanol–water partition coefficient (Wildman–Crippen LogP) is 1.75. The Labute approximate surface area is 123 Å². The number of hydrogen-bond donors (Lipinski definition) is 2. The van der Waals surface area contributed by atoms with Crippen LogP contribution in [0, 0.1) is 0 Å². The van der Waals surface area contributed by atoms with Crippen LogP contribution in [0.1, 0.15) is 5.56 Å². The van der Waals surface area contributed by atoms with E-state index in [1.54, 1.807) is 0 Å². The minimum absolute atomic E-state index is 0.00250. The van der Waals surface area contributed by atoms with E-state index in [-0.39, 0.29) is 17.8 Å². The highest BCUT2D eigenvalue weighted by Crippen LogP contribution is 2.28. The molecule has 2 aliphatic rings. The van der Waals surface area contributed by atoms with E-state index in [0.29, 0.717) is 22.4 Å². The smallest absolute Gasteiger partial charge is 0.218 e. The summed E-state index contributed by atoms with van der Waals surface area (Å²) in [5, 5.41) is 4.51. The largest absolute Gasteiger partial charge is 0.353 e. The summed E-state index contributed by atoms with van der Waals surface area (Å²) >= 11 is 11.2. The van der Waals surface area contributed by atoms with E-state index in [1.165, 1.54) is 0 Å². The summed E-state index contributed by atoms with van der Waals surface area (Å²) in [4.78, 5) is 2.01. The maximum absolute atomic E-state index is 11.8. The van der Waals surface area contributed by atoms with Crippen molar-refractivity contribution in [2.45, 2.75) is 18.6 Å². The Morgan fingerprint density at radius 2 is 2.11 bits per heavy atom. The van der Waals surface area contributed by atoms with Gasteiger partial charge in [-0.15, -0.1) is 0 Å². The average Bonchev–Trinajstić information content (AvgIpc) is 2.75. The summed E-state index contributed by atoms with van der Waals surface area (Å²) in [6.07, 6.45) is 0. The van der Waals surface area contributed by atoms with Gasteiger partial charge in [0.25, 0.3) is 0 Å². The second kappa shape index (κ2) is 4.70. The van der Waals surface area contributed by atoms with Crippen LogP contribution in [0.25, 0.3) is 0 Å². The average molecular weight is 318 g/mol. The van der Waals surface area contributed by atoms with Crippen molar-refractivity contribution in [3.05, 3.63) is 34.9 Å². The number of nitrogens with zero attached hydrogens (tertiary/aromatic N) is 1. The van der Waals surface area contributed by atoms with Gasteiger partial charge in [0.05, 0.1) is 0 Å². The summed E-state index contributed by atoms with van der Waals surface area (Å²) in [7, 11) is -2.70. The molecule has 0 bridgehead atoms. The molecule has 7 heteroatoms. The van der Waals surface area contributed by atoms with Crippen molar-refractivity contribution in [3.63, 3.8) is 0 Å². The van der Waals surface area contributed by atoms with E-state index >= 15 is 0 Å². The zero-order valence-corrected chi connectivity index (χ0v) is 12.5. The number of fused-ring (bicyclic) bond motifs is 1. The molecule has 1 unspecified atom stereocenters. The molecule has 2 fully saturated rings. The highest BCUT2D eigenvalue weighted by molar-refractivity contribution is 7.98. The highest BCUT2D eigenvalue weighted by atomic mass is 35.5. The molecule has 2 saturated heterocycles. The molecule has 3 rings (SSSR count). The first-order valence-electron chi connectivity index (χ1n) is 5.98. The lowest BCUT2D eigenvalue weighted by Gasteiger charge is -2.22. The van der Waals surface area contributed by atoms with Crippen LogP contribution in [0.5, 0.6) is 0 Å². The molecule has 0 aromatic heterocycles. The lowest BCUT2D eigenvalue weighted by Crippen LogP contribution is -2.36. The molecule has 2 aliphatic heterocycles. The van der Waals surface area contributed by atoms with Gasteiger partial charge >= 0.3 is 0 Å². The van der Waals surface area contributed by atoms with Gasteiger partial charge in [0.2, 0.25) is 10.2 Å². The molecule has 4 nitrogen and oxygen atoms in total. The molecular formula is C12H14ClN2O2S2+. The van der Waals surface area contributed by atoms with E-state index < -0.39 is 10.2 Å². The molecule has 1 aromatic carbocycles. The lowest BCUT2D eigenvalue weighted by molar-refractivity contribution is 0.348. The maximum Gasteiger partial charge on any atom is 0.218 e. The first-order valence-corrected chi connectivity index (χ1v) is 8.62. The van der Waals surface area contributed by atoms with Gasteiger partial charge in [0.1, 0.15) is 12.1 Å². The number of thiocarbonyl (C=S) groups is 1. The standard InChI is InChI=1S/C12H13ClN2O2S2/c13-9-3-1-8(2-4-9)5-15-11-7-19(16,17)6-10(11)14-12(15)18/h1-4,10-11H,5-7H2,(H-,14,16,17,18)/p+1/t10-,11+/m1/s1. The fourth-order valence-electron chi connectivity index (χ4n) is 2.66. The minimum Gasteiger partial charge on any atom is -0.353 e. The number of nitrogens with one attached hydrogen (secondary N) is 1. The molecule has 2 N–H and O–H groups in total. The van der Waals surface area contributed by atoms with Crippen molar-refractivity contribution in [2.24, 2.45) is 0 Å². The number of halogens is 1. The zero-order chi connectivity index (χ0) is 13.6. The fraction of sp³-hybridized carbons (Fsp3) is 0.417.